The highest BCUT2D eigenvalue weighted by atomic mass is 19.3. The summed E-state index contributed by atoms with van der Waals surface area (Å²) in [6, 6.07) is 5.41. The van der Waals surface area contributed by atoms with Crippen LogP contribution in [0.5, 0.6) is 0 Å². The minimum atomic E-state index is -2.83. The molecule has 3 amide bonds. The number of fused-ring (bicyclic) bond motifs is 1. The Morgan fingerprint density at radius 2 is 1.75 bits per heavy atom. The normalized spacial score (nSPS) is 24.0. The van der Waals surface area contributed by atoms with Gasteiger partial charge in [-0.05, 0) is 106 Å². The van der Waals surface area contributed by atoms with E-state index in [4.69, 9.17) is 0 Å². The van der Waals surface area contributed by atoms with Crippen molar-refractivity contribution in [2.75, 3.05) is 11.9 Å². The molecule has 3 aliphatic carbocycles. The fourth-order valence-corrected chi connectivity index (χ4v) is 6.60. The molecule has 8 nitrogen and oxygen atoms in total. The summed E-state index contributed by atoms with van der Waals surface area (Å²) in [5.74, 6) is -3.12. The van der Waals surface area contributed by atoms with Crippen LogP contribution in [0.2, 0.25) is 0 Å². The number of benzene rings is 1. The van der Waals surface area contributed by atoms with Crippen LogP contribution in [0, 0.1) is 17.8 Å². The molecule has 1 saturated heterocycles. The number of aryl methyl sites for hydroxylation is 1. The predicted molar refractivity (Wildman–Crippen MR) is 145 cm³/mol. The van der Waals surface area contributed by atoms with Crippen molar-refractivity contribution in [1.82, 2.24) is 20.0 Å². The summed E-state index contributed by atoms with van der Waals surface area (Å²) in [5, 5.41) is 10.4. The van der Waals surface area contributed by atoms with Crippen molar-refractivity contribution in [3.63, 3.8) is 0 Å². The second kappa shape index (κ2) is 9.96. The summed E-state index contributed by atoms with van der Waals surface area (Å²) in [4.78, 5) is 41.4. The summed E-state index contributed by atoms with van der Waals surface area (Å²) in [5.41, 5.74) is 2.82. The third-order valence-electron chi connectivity index (χ3n) is 9.21. The minimum absolute atomic E-state index is 0.00797. The van der Waals surface area contributed by atoms with Gasteiger partial charge in [-0.1, -0.05) is 6.07 Å². The van der Waals surface area contributed by atoms with E-state index in [1.807, 2.05) is 26.0 Å². The van der Waals surface area contributed by atoms with Crippen molar-refractivity contribution < 1.29 is 23.2 Å². The molecule has 40 heavy (non-hydrogen) atoms. The predicted octanol–water partition coefficient (Wildman–Crippen LogP) is 4.53. The van der Waals surface area contributed by atoms with Gasteiger partial charge in [0.25, 0.3) is 11.8 Å². The maximum Gasteiger partial charge on any atom is 0.284 e. The van der Waals surface area contributed by atoms with Crippen molar-refractivity contribution in [2.45, 2.75) is 89.3 Å². The van der Waals surface area contributed by atoms with E-state index in [1.54, 1.807) is 23.0 Å². The first kappa shape index (κ1) is 26.9. The van der Waals surface area contributed by atoms with Gasteiger partial charge < -0.3 is 15.5 Å². The maximum absolute atomic E-state index is 13.8. The number of rotatable bonds is 9. The molecule has 6 rings (SSSR count). The summed E-state index contributed by atoms with van der Waals surface area (Å²) in [6.45, 7) is 4.77. The molecular formula is C30H37F2N5O3. The second-order valence-electron chi connectivity index (χ2n) is 12.4. The Balaban J connectivity index is 1.19. The molecule has 2 N–H and O–H groups in total. The topological polar surface area (TPSA) is 96.3 Å². The number of amides is 3. The third-order valence-corrected chi connectivity index (χ3v) is 9.21. The molecule has 4 aliphatic rings. The van der Waals surface area contributed by atoms with Gasteiger partial charge in [0.05, 0.1) is 18.5 Å². The Kier molecular flexibility index (Phi) is 6.70. The zero-order valence-electron chi connectivity index (χ0n) is 23.2. The van der Waals surface area contributed by atoms with E-state index in [0.717, 1.165) is 36.8 Å². The highest BCUT2D eigenvalue weighted by molar-refractivity contribution is 6.01. The van der Waals surface area contributed by atoms with Crippen LogP contribution in [0.4, 0.5) is 14.5 Å². The number of carbonyl (C=O) groups is 3. The monoisotopic (exact) mass is 553 g/mol. The van der Waals surface area contributed by atoms with Gasteiger partial charge in [-0.15, -0.1) is 0 Å². The van der Waals surface area contributed by atoms with Crippen molar-refractivity contribution in [3.8, 4) is 0 Å². The van der Waals surface area contributed by atoms with E-state index < -0.39 is 30.5 Å². The lowest BCUT2D eigenvalue weighted by Crippen LogP contribution is -2.66. The van der Waals surface area contributed by atoms with Crippen LogP contribution < -0.4 is 10.6 Å². The Morgan fingerprint density at radius 3 is 2.35 bits per heavy atom. The number of carbonyl (C=O) groups excluding carboxylic acids is 3. The molecule has 0 bridgehead atoms. The lowest BCUT2D eigenvalue weighted by molar-refractivity contribution is -0.191. The second-order valence-corrected chi connectivity index (χ2v) is 12.4. The molecule has 10 heteroatoms. The average molecular weight is 554 g/mol. The number of nitrogens with zero attached hydrogens (tertiary/aromatic N) is 3. The first-order chi connectivity index (χ1) is 19.0. The molecule has 3 fully saturated rings. The van der Waals surface area contributed by atoms with Gasteiger partial charge >= 0.3 is 0 Å². The van der Waals surface area contributed by atoms with E-state index in [1.165, 1.54) is 11.8 Å². The highest BCUT2D eigenvalue weighted by Gasteiger charge is 2.55. The molecule has 0 radical (unpaired) electrons. The summed E-state index contributed by atoms with van der Waals surface area (Å²) >= 11 is 0. The van der Waals surface area contributed by atoms with Gasteiger partial charge in [0.1, 0.15) is 11.7 Å². The van der Waals surface area contributed by atoms with Crippen LogP contribution >= 0.6 is 0 Å². The third kappa shape index (κ3) is 4.90. The van der Waals surface area contributed by atoms with E-state index in [0.29, 0.717) is 36.1 Å². The van der Waals surface area contributed by atoms with Gasteiger partial charge in [-0.2, -0.15) is 5.10 Å². The number of alkyl halides is 2. The number of anilines is 1. The molecule has 214 valence electrons. The molecule has 1 aromatic heterocycles. The first-order valence-electron chi connectivity index (χ1n) is 14.5. The largest absolute Gasteiger partial charge is 0.339 e. The lowest BCUT2D eigenvalue weighted by Gasteiger charge is -2.46. The van der Waals surface area contributed by atoms with E-state index in [9.17, 15) is 23.2 Å². The Hall–Kier alpha value is -3.30. The molecule has 3 atom stereocenters. The van der Waals surface area contributed by atoms with Crippen LogP contribution in [0.25, 0.3) is 0 Å². The number of nitrogens with one attached hydrogen (secondary N) is 2. The van der Waals surface area contributed by atoms with Gasteiger partial charge in [-0.3, -0.25) is 19.1 Å². The van der Waals surface area contributed by atoms with Crippen molar-refractivity contribution >= 4 is 23.4 Å². The molecule has 1 unspecified atom stereocenters. The molecule has 2 saturated carbocycles. The van der Waals surface area contributed by atoms with Crippen LogP contribution in [-0.2, 0) is 16.0 Å². The molecular weight excluding hydrogens is 516 g/mol. The van der Waals surface area contributed by atoms with Gasteiger partial charge in [0.2, 0.25) is 11.8 Å². The van der Waals surface area contributed by atoms with Crippen LogP contribution in [0.15, 0.2) is 30.5 Å². The van der Waals surface area contributed by atoms with E-state index >= 15 is 0 Å². The van der Waals surface area contributed by atoms with Gasteiger partial charge in [-0.25, -0.2) is 8.78 Å². The lowest BCUT2D eigenvalue weighted by atomic mass is 9.88. The molecule has 1 aliphatic heterocycles. The fourth-order valence-electron chi connectivity index (χ4n) is 6.60. The standard InChI is InChI=1S/C30H37F2N5O3/c1-16(2)37-24(12-13-33-37)27(38)35-26(25(18-4-5-18)19-6-7-19)28(39)34-21-9-11-22-20(14-21)8-10-23(22)29(40)36-15-30(31,32)17(36)3/h9,11-14,16-19,23,25-26H,4-8,10,15H2,1-3H3,(H,34,39)(H,35,38)/t17-,23?,26-/m0/s1. The van der Waals surface area contributed by atoms with Crippen LogP contribution in [0.3, 0.4) is 0 Å². The smallest absolute Gasteiger partial charge is 0.284 e. The van der Waals surface area contributed by atoms with Crippen molar-refractivity contribution in [1.29, 1.82) is 0 Å². The summed E-state index contributed by atoms with van der Waals surface area (Å²) < 4.78 is 29.0. The Labute approximate surface area is 232 Å². The molecule has 0 spiro atoms. The van der Waals surface area contributed by atoms with Gasteiger partial charge in [0, 0.05) is 17.9 Å². The first-order valence-corrected chi connectivity index (χ1v) is 14.5. The Bertz CT molecular complexity index is 1320. The van der Waals surface area contributed by atoms with Crippen molar-refractivity contribution in [3.05, 3.63) is 47.3 Å². The minimum Gasteiger partial charge on any atom is -0.339 e. The van der Waals surface area contributed by atoms with Crippen LogP contribution in [0.1, 0.15) is 86.5 Å². The van der Waals surface area contributed by atoms with E-state index in [2.05, 4.69) is 15.7 Å². The number of halogens is 2. The number of aromatic nitrogens is 2. The van der Waals surface area contributed by atoms with Gasteiger partial charge in [0.15, 0.2) is 0 Å². The zero-order valence-corrected chi connectivity index (χ0v) is 23.2. The highest BCUT2D eigenvalue weighted by Crippen LogP contribution is 2.51. The Morgan fingerprint density at radius 1 is 1.05 bits per heavy atom. The zero-order chi connectivity index (χ0) is 28.3. The van der Waals surface area contributed by atoms with E-state index in [-0.39, 0.29) is 29.7 Å². The average Bonchev–Trinajstić information content (AvgIpc) is 3.84. The number of likely N-dealkylation sites (tertiary alicyclic amines) is 1. The number of hydrogen-bond donors (Lipinski definition) is 2. The molecule has 2 heterocycles. The SMILES string of the molecule is CC(C)n1nccc1C(=O)N[C@H](C(=O)Nc1ccc2c(c1)CCC2C(=O)N1CC(F)(F)[C@@H]1C)C(C1CC1)C1CC1. The fraction of sp³-hybridized carbons (Fsp3) is 0.600. The molecule has 1 aromatic carbocycles. The van der Waals surface area contributed by atoms with Crippen molar-refractivity contribution in [2.24, 2.45) is 17.8 Å². The summed E-state index contributed by atoms with van der Waals surface area (Å²) in [6.07, 6.45) is 7.08. The van der Waals surface area contributed by atoms with Crippen LogP contribution in [-0.4, -0.2) is 57.0 Å². The quantitative estimate of drug-likeness (QED) is 0.477. The number of hydrogen-bond acceptors (Lipinski definition) is 4. The molecule has 2 aromatic rings. The summed E-state index contributed by atoms with van der Waals surface area (Å²) in [7, 11) is 0. The maximum atomic E-state index is 13.8.